The second-order valence-electron chi connectivity index (χ2n) is 23.0. The lowest BCUT2D eigenvalue weighted by Crippen LogP contribution is -2.50. The van der Waals surface area contributed by atoms with E-state index in [1.807, 2.05) is 6.07 Å². The lowest BCUT2D eigenvalue weighted by atomic mass is 9.95. The van der Waals surface area contributed by atoms with Crippen LogP contribution in [0, 0.1) is 29.0 Å². The van der Waals surface area contributed by atoms with Crippen LogP contribution in [0.15, 0.2) is 24.3 Å². The molecule has 2 fully saturated rings. The third kappa shape index (κ3) is 11.8. The summed E-state index contributed by atoms with van der Waals surface area (Å²) < 4.78 is 76.3. The summed E-state index contributed by atoms with van der Waals surface area (Å²) in [4.78, 5) is 28.8. The van der Waals surface area contributed by atoms with Crippen LogP contribution < -0.4 is 24.2 Å². The number of nitrogens with one attached hydrogen (secondary N) is 1. The lowest BCUT2D eigenvalue weighted by Gasteiger charge is -2.42. The summed E-state index contributed by atoms with van der Waals surface area (Å²) in [5.41, 5.74) is 4.46. The highest BCUT2D eigenvalue weighted by atomic mass is 28.4. The van der Waals surface area contributed by atoms with Crippen LogP contribution in [0.3, 0.4) is 0 Å². The number of pyridine rings is 1. The Morgan fingerprint density at radius 1 is 0.847 bits per heavy atom. The van der Waals surface area contributed by atoms with Gasteiger partial charge in [-0.25, -0.2) is 28.0 Å². The molecule has 16 heteroatoms. The maximum absolute atomic E-state index is 18.6. The molecule has 1 N–H and O–H groups in total. The molecule has 6 rings (SSSR count). The number of fused-ring (bicyclic) bond motifs is 2. The Hall–Kier alpha value is -4.60. The van der Waals surface area contributed by atoms with Crippen LogP contribution >= 0.6 is 0 Å². The van der Waals surface area contributed by atoms with Crippen LogP contribution in [0.25, 0.3) is 32.9 Å². The van der Waals surface area contributed by atoms with Crippen LogP contribution in [0.4, 0.5) is 23.8 Å². The first kappa shape index (κ1) is 56.7. The number of hydrogen-bond acceptors (Lipinski definition) is 10. The Labute approximate surface area is 430 Å². The summed E-state index contributed by atoms with van der Waals surface area (Å²) in [6, 6.07) is 6.69. The summed E-state index contributed by atoms with van der Waals surface area (Å²) in [5.74, 6) is 2.53. The van der Waals surface area contributed by atoms with E-state index < -0.39 is 45.9 Å². The van der Waals surface area contributed by atoms with Crippen molar-refractivity contribution in [2.24, 2.45) is 5.92 Å². The zero-order valence-electron chi connectivity index (χ0n) is 46.1. The molecule has 2 aromatic carbocycles. The molecule has 0 saturated carbocycles. The number of carbonyl (C=O) groups is 1. The summed E-state index contributed by atoms with van der Waals surface area (Å²) in [7, 11) is -3.57. The Morgan fingerprint density at radius 2 is 1.50 bits per heavy atom. The van der Waals surface area contributed by atoms with Gasteiger partial charge in [0.15, 0.2) is 11.6 Å². The largest absolute Gasteiger partial charge is 0.543 e. The van der Waals surface area contributed by atoms with Gasteiger partial charge < -0.3 is 24.0 Å². The topological polar surface area (TPSA) is 111 Å². The van der Waals surface area contributed by atoms with Gasteiger partial charge in [-0.2, -0.15) is 9.97 Å². The fraction of sp³-hybridized carbons (Fsp3) is 0.643. The molecule has 72 heavy (non-hydrogen) atoms. The second kappa shape index (κ2) is 23.3. The highest BCUT2D eigenvalue weighted by Crippen LogP contribution is 2.47. The van der Waals surface area contributed by atoms with Crippen molar-refractivity contribution in [3.63, 3.8) is 0 Å². The zero-order valence-corrected chi connectivity index (χ0v) is 48.1. The van der Waals surface area contributed by atoms with Gasteiger partial charge in [0.1, 0.15) is 48.0 Å². The van der Waals surface area contributed by atoms with Crippen LogP contribution in [-0.2, 0) is 4.74 Å². The molecule has 0 aliphatic carbocycles. The van der Waals surface area contributed by atoms with Gasteiger partial charge in [0, 0.05) is 30.6 Å². The maximum Gasteiger partial charge on any atom is 0.429 e. The molecular weight excluding hydrogens is 950 g/mol. The van der Waals surface area contributed by atoms with Crippen molar-refractivity contribution in [3.8, 4) is 40.4 Å². The maximum atomic E-state index is 18.6. The molecule has 11 nitrogen and oxygen atoms in total. The van der Waals surface area contributed by atoms with Crippen LogP contribution in [0.5, 0.6) is 17.6 Å². The minimum atomic E-state index is -2.61. The van der Waals surface area contributed by atoms with Crippen molar-refractivity contribution in [2.75, 3.05) is 44.9 Å². The van der Waals surface area contributed by atoms with Crippen LogP contribution in [0.1, 0.15) is 148 Å². The van der Waals surface area contributed by atoms with Gasteiger partial charge in [-0.15, -0.1) is 5.54 Å². The number of rotatable bonds is 14. The van der Waals surface area contributed by atoms with Crippen molar-refractivity contribution in [1.29, 1.82) is 0 Å². The average molecular weight is 1030 g/mol. The van der Waals surface area contributed by atoms with Gasteiger partial charge in [-0.05, 0) is 129 Å². The summed E-state index contributed by atoms with van der Waals surface area (Å²) in [5, 5.41) is 7.46. The monoisotopic (exact) mass is 1030 g/mol. The molecule has 2 atom stereocenters. The van der Waals surface area contributed by atoms with Crippen molar-refractivity contribution in [1.82, 2.24) is 25.3 Å². The molecule has 2 aliphatic heterocycles. The highest BCUT2D eigenvalue weighted by molar-refractivity contribution is 6.90. The second-order valence-corrected chi connectivity index (χ2v) is 34.0. The van der Waals surface area contributed by atoms with E-state index in [9.17, 15) is 4.79 Å². The predicted molar refractivity (Wildman–Crippen MR) is 291 cm³/mol. The van der Waals surface area contributed by atoms with Crippen molar-refractivity contribution >= 4 is 50.0 Å². The smallest absolute Gasteiger partial charge is 0.429 e. The molecule has 396 valence electrons. The lowest BCUT2D eigenvalue weighted by molar-refractivity contribution is 0.0232. The number of methoxy groups -OCH3 is 1. The number of hydrogen-bond donors (Lipinski definition) is 1. The number of amides is 1. The number of aromatic nitrogens is 3. The SMILES string of the molecule is COc1nc(-c2cc(O[Si](C(C)C)(C(C)C)C(C)C)cc3ccc(F)c(C#C[Si](C(C)C)(C(C)C)C(C)C)c23)c(F)c2nc(OC[C@@H]3CCCNC[C@H](F)C3)nc(N3CCCCCN3C(=O)OC(C)(C)C)c12. The van der Waals surface area contributed by atoms with Gasteiger partial charge in [0.05, 0.1) is 19.3 Å². The molecule has 2 aromatic heterocycles. The molecule has 0 unspecified atom stereocenters. The normalized spacial score (nSPS) is 17.7. The van der Waals surface area contributed by atoms with E-state index in [-0.39, 0.29) is 104 Å². The first-order chi connectivity index (χ1) is 33.9. The highest BCUT2D eigenvalue weighted by Gasteiger charge is 2.47. The van der Waals surface area contributed by atoms with Crippen molar-refractivity contribution in [3.05, 3.63) is 41.5 Å². The fourth-order valence-electron chi connectivity index (χ4n) is 12.0. The number of hydrazine groups is 1. The first-order valence-corrected chi connectivity index (χ1v) is 30.9. The van der Waals surface area contributed by atoms with Crippen LogP contribution in [-0.4, -0.2) is 94.1 Å². The van der Waals surface area contributed by atoms with E-state index in [1.54, 1.807) is 37.9 Å². The van der Waals surface area contributed by atoms with E-state index in [1.165, 1.54) is 18.2 Å². The Bertz CT molecular complexity index is 2570. The summed E-state index contributed by atoms with van der Waals surface area (Å²) in [6.07, 6.45) is 2.34. The third-order valence-corrected chi connectivity index (χ3v) is 27.5. The van der Waals surface area contributed by atoms with Gasteiger partial charge in [0.2, 0.25) is 5.88 Å². The number of halogens is 3. The Kier molecular flexibility index (Phi) is 18.4. The van der Waals surface area contributed by atoms with Crippen molar-refractivity contribution < 1.29 is 36.6 Å². The van der Waals surface area contributed by atoms with E-state index in [0.717, 1.165) is 12.8 Å². The quantitative estimate of drug-likeness (QED) is 0.0968. The molecule has 2 aliphatic rings. The van der Waals surface area contributed by atoms with Crippen molar-refractivity contribution in [2.45, 2.75) is 187 Å². The van der Waals surface area contributed by atoms with Gasteiger partial charge in [-0.3, -0.25) is 5.01 Å². The zero-order chi connectivity index (χ0) is 53.0. The molecule has 4 aromatic rings. The molecule has 1 amide bonds. The van der Waals surface area contributed by atoms with E-state index in [0.29, 0.717) is 55.4 Å². The Morgan fingerprint density at radius 3 is 2.11 bits per heavy atom. The van der Waals surface area contributed by atoms with E-state index in [2.05, 4.69) is 99.9 Å². The summed E-state index contributed by atoms with van der Waals surface area (Å²) >= 11 is 0. The fourth-order valence-corrected chi connectivity index (χ4v) is 22.4. The number of anilines is 1. The first-order valence-electron chi connectivity index (χ1n) is 26.6. The molecule has 4 heterocycles. The number of nitrogens with zero attached hydrogens (tertiary/aromatic N) is 5. The number of benzene rings is 2. The Balaban J connectivity index is 1.72. The predicted octanol–water partition coefficient (Wildman–Crippen LogP) is 14.5. The third-order valence-electron chi connectivity index (χ3n) is 15.2. The molecule has 0 radical (unpaired) electrons. The molecular formula is C56H83F3N6O5Si2. The minimum Gasteiger partial charge on any atom is -0.543 e. The molecule has 0 spiro atoms. The number of ether oxygens (including phenoxy) is 3. The van der Waals surface area contributed by atoms with E-state index >= 15 is 13.2 Å². The van der Waals surface area contributed by atoms with E-state index in [4.69, 9.17) is 33.6 Å². The summed E-state index contributed by atoms with van der Waals surface area (Å²) in [6.45, 7) is 33.6. The number of alkyl halides is 1. The minimum absolute atomic E-state index is 0.0197. The average Bonchev–Trinajstić information content (AvgIpc) is 3.55. The standard InChI is InChI=1S/C56H83F3N6O5Si2/c1-34(2)71(35(3)4,36(5)6)28-24-44-46(58)23-22-41-30-43(70-72(37(7)8,38(9)10)39(11)12)31-45(47(41)44)50-49(59)51-48(53(61-50)67-16)52(64-26-18-17-19-27-65(64)55(66)69-56(13,14)15)63-54(62-51)68-33-40-21-20-25-60-32-42(57)29-40/h22-23,30-31,34-40,42,60H,17-21,25-27,29,32-33H2,1-16H3/t40-,42-/m1/s1. The van der Waals surface area contributed by atoms with Gasteiger partial charge in [0.25, 0.3) is 8.32 Å². The molecule has 2 saturated heterocycles. The van der Waals surface area contributed by atoms with Gasteiger partial charge in [-0.1, -0.05) is 95.1 Å². The van der Waals surface area contributed by atoms with Gasteiger partial charge >= 0.3 is 12.1 Å². The number of carbonyl (C=O) groups excluding carboxylic acids is 1. The van der Waals surface area contributed by atoms with Crippen LogP contribution in [0.2, 0.25) is 33.2 Å². The molecule has 0 bridgehead atoms.